The fraction of sp³-hybridized carbons (Fsp3) is 0.462. The first-order valence-electron chi connectivity index (χ1n) is 5.72. The van der Waals surface area contributed by atoms with Crippen LogP contribution in [0.5, 0.6) is 0 Å². The van der Waals surface area contributed by atoms with E-state index in [-0.39, 0.29) is 0 Å². The van der Waals surface area contributed by atoms with Crippen molar-refractivity contribution in [2.24, 2.45) is 0 Å². The highest BCUT2D eigenvalue weighted by atomic mass is 14.9. The Balaban J connectivity index is 2.74. The lowest BCUT2D eigenvalue weighted by Gasteiger charge is -2.11. The Bertz CT molecular complexity index is 504. The molecule has 16 heavy (non-hydrogen) atoms. The first kappa shape index (κ1) is 11.0. The quantitative estimate of drug-likeness (QED) is 0.771. The van der Waals surface area contributed by atoms with Gasteiger partial charge in [0.15, 0.2) is 5.65 Å². The summed E-state index contributed by atoms with van der Waals surface area (Å²) in [5, 5.41) is 1.07. The van der Waals surface area contributed by atoms with Gasteiger partial charge < -0.3 is 0 Å². The molecular formula is C13H17N3. The first-order valence-corrected chi connectivity index (χ1v) is 5.72. The largest absolute Gasteiger partial charge is 0.237 e. The van der Waals surface area contributed by atoms with Gasteiger partial charge in [0.25, 0.3) is 0 Å². The summed E-state index contributed by atoms with van der Waals surface area (Å²) < 4.78 is 0. The van der Waals surface area contributed by atoms with E-state index in [1.165, 1.54) is 0 Å². The minimum Gasteiger partial charge on any atom is -0.237 e. The van der Waals surface area contributed by atoms with Crippen LogP contribution in [0.2, 0.25) is 0 Å². The highest BCUT2D eigenvalue weighted by Crippen LogP contribution is 2.23. The molecule has 0 radical (unpaired) electrons. The van der Waals surface area contributed by atoms with E-state index >= 15 is 0 Å². The van der Waals surface area contributed by atoms with Gasteiger partial charge in [0.2, 0.25) is 0 Å². The van der Waals surface area contributed by atoms with Gasteiger partial charge in [-0.15, -0.1) is 0 Å². The fourth-order valence-electron chi connectivity index (χ4n) is 1.70. The Labute approximate surface area is 96.0 Å². The van der Waals surface area contributed by atoms with Crippen molar-refractivity contribution in [1.29, 1.82) is 0 Å². The zero-order chi connectivity index (χ0) is 11.7. The van der Waals surface area contributed by atoms with Crippen LogP contribution in [-0.4, -0.2) is 15.0 Å². The second-order valence-electron chi connectivity index (χ2n) is 4.65. The molecule has 3 heteroatoms. The van der Waals surface area contributed by atoms with E-state index < -0.39 is 0 Å². The van der Waals surface area contributed by atoms with Crippen molar-refractivity contribution in [3.63, 3.8) is 0 Å². The van der Waals surface area contributed by atoms with Crippen molar-refractivity contribution in [1.82, 2.24) is 15.0 Å². The molecule has 84 valence electrons. The third-order valence-corrected chi connectivity index (χ3v) is 2.58. The van der Waals surface area contributed by atoms with Gasteiger partial charge in [-0.3, -0.25) is 0 Å². The fourth-order valence-corrected chi connectivity index (χ4v) is 1.70. The van der Waals surface area contributed by atoms with Gasteiger partial charge in [-0.2, -0.15) is 0 Å². The summed E-state index contributed by atoms with van der Waals surface area (Å²) >= 11 is 0. The van der Waals surface area contributed by atoms with E-state index in [1.54, 1.807) is 6.20 Å². The Morgan fingerprint density at radius 1 is 1.00 bits per heavy atom. The molecule has 0 saturated carbocycles. The van der Waals surface area contributed by atoms with Gasteiger partial charge in [0.05, 0.1) is 5.69 Å². The minimum absolute atomic E-state index is 0.337. The number of hydrogen-bond acceptors (Lipinski definition) is 3. The van der Waals surface area contributed by atoms with Crippen LogP contribution in [0.3, 0.4) is 0 Å². The number of aromatic nitrogens is 3. The van der Waals surface area contributed by atoms with E-state index in [0.717, 1.165) is 22.6 Å². The van der Waals surface area contributed by atoms with E-state index in [1.807, 2.05) is 12.1 Å². The van der Waals surface area contributed by atoms with Crippen LogP contribution in [0.1, 0.15) is 51.0 Å². The maximum atomic E-state index is 4.65. The number of fused-ring (bicyclic) bond motifs is 1. The molecule has 0 unspecified atom stereocenters. The summed E-state index contributed by atoms with van der Waals surface area (Å²) in [7, 11) is 0. The summed E-state index contributed by atoms with van der Waals surface area (Å²) in [6, 6.07) is 3.98. The molecule has 0 aliphatic heterocycles. The second kappa shape index (κ2) is 4.16. The smallest absolute Gasteiger partial charge is 0.163 e. The lowest BCUT2D eigenvalue weighted by Crippen LogP contribution is -2.05. The normalized spacial score (nSPS) is 11.6. The molecule has 3 nitrogen and oxygen atoms in total. The first-order chi connectivity index (χ1) is 7.59. The number of pyridine rings is 1. The Hall–Kier alpha value is -1.51. The van der Waals surface area contributed by atoms with Crippen LogP contribution < -0.4 is 0 Å². The zero-order valence-corrected chi connectivity index (χ0v) is 10.2. The molecule has 2 rings (SSSR count). The summed E-state index contributed by atoms with van der Waals surface area (Å²) in [6.07, 6.45) is 1.78. The van der Waals surface area contributed by atoms with Gasteiger partial charge in [-0.1, -0.05) is 27.7 Å². The van der Waals surface area contributed by atoms with E-state index in [4.69, 9.17) is 0 Å². The standard InChI is InChI=1S/C13H17N3/c1-8(2)11-10-6-5-7-14-13(10)16-12(15-11)9(3)4/h5-9H,1-4H3. The molecule has 0 spiro atoms. The summed E-state index contributed by atoms with van der Waals surface area (Å²) in [5.74, 6) is 1.62. The highest BCUT2D eigenvalue weighted by molar-refractivity contribution is 5.77. The van der Waals surface area contributed by atoms with Crippen molar-refractivity contribution in [2.75, 3.05) is 0 Å². The maximum Gasteiger partial charge on any atom is 0.163 e. The SMILES string of the molecule is CC(C)c1nc(C(C)C)c2cccnc2n1. The van der Waals surface area contributed by atoms with Crippen molar-refractivity contribution in [2.45, 2.75) is 39.5 Å². The highest BCUT2D eigenvalue weighted by Gasteiger charge is 2.12. The van der Waals surface area contributed by atoms with Crippen molar-refractivity contribution in [3.05, 3.63) is 29.8 Å². The summed E-state index contributed by atoms with van der Waals surface area (Å²) in [5.41, 5.74) is 1.91. The molecule has 0 saturated heterocycles. The average molecular weight is 215 g/mol. The molecule has 0 amide bonds. The molecule has 2 heterocycles. The van der Waals surface area contributed by atoms with Crippen LogP contribution in [0, 0.1) is 0 Å². The monoisotopic (exact) mass is 215 g/mol. The molecule has 0 aliphatic carbocycles. The van der Waals surface area contributed by atoms with Gasteiger partial charge >= 0.3 is 0 Å². The van der Waals surface area contributed by atoms with Crippen molar-refractivity contribution >= 4 is 11.0 Å². The molecule has 2 aromatic rings. The van der Waals surface area contributed by atoms with Crippen LogP contribution in [-0.2, 0) is 0 Å². The Morgan fingerprint density at radius 3 is 2.38 bits per heavy atom. The Morgan fingerprint density at radius 2 is 1.75 bits per heavy atom. The van der Waals surface area contributed by atoms with Crippen molar-refractivity contribution < 1.29 is 0 Å². The molecule has 0 atom stereocenters. The number of nitrogens with zero attached hydrogens (tertiary/aromatic N) is 3. The van der Waals surface area contributed by atoms with Crippen LogP contribution in [0.15, 0.2) is 18.3 Å². The average Bonchev–Trinajstić information content (AvgIpc) is 2.27. The molecular weight excluding hydrogens is 198 g/mol. The maximum absolute atomic E-state index is 4.65. The molecule has 0 aromatic carbocycles. The Kier molecular flexibility index (Phi) is 2.86. The second-order valence-corrected chi connectivity index (χ2v) is 4.65. The molecule has 0 aliphatic rings. The predicted octanol–water partition coefficient (Wildman–Crippen LogP) is 3.27. The van der Waals surface area contributed by atoms with E-state index in [9.17, 15) is 0 Å². The number of hydrogen-bond donors (Lipinski definition) is 0. The van der Waals surface area contributed by atoms with Gasteiger partial charge in [-0.25, -0.2) is 15.0 Å². The van der Waals surface area contributed by atoms with Gasteiger partial charge in [0, 0.05) is 17.5 Å². The van der Waals surface area contributed by atoms with Crippen molar-refractivity contribution in [3.8, 4) is 0 Å². The van der Waals surface area contributed by atoms with Crippen LogP contribution in [0.4, 0.5) is 0 Å². The topological polar surface area (TPSA) is 38.7 Å². The summed E-state index contributed by atoms with van der Waals surface area (Å²) in [4.78, 5) is 13.5. The zero-order valence-electron chi connectivity index (χ0n) is 10.2. The van der Waals surface area contributed by atoms with Crippen LogP contribution >= 0.6 is 0 Å². The van der Waals surface area contributed by atoms with E-state index in [2.05, 4.69) is 42.6 Å². The molecule has 0 fully saturated rings. The number of rotatable bonds is 2. The minimum atomic E-state index is 0.337. The lowest BCUT2D eigenvalue weighted by molar-refractivity contribution is 0.741. The predicted molar refractivity (Wildman–Crippen MR) is 65.5 cm³/mol. The van der Waals surface area contributed by atoms with Gasteiger partial charge in [-0.05, 0) is 18.1 Å². The molecule has 2 aromatic heterocycles. The third kappa shape index (κ3) is 1.90. The third-order valence-electron chi connectivity index (χ3n) is 2.58. The molecule has 0 N–H and O–H groups in total. The molecule has 0 bridgehead atoms. The lowest BCUT2D eigenvalue weighted by atomic mass is 10.1. The summed E-state index contributed by atoms with van der Waals surface area (Å²) in [6.45, 7) is 8.51. The van der Waals surface area contributed by atoms with E-state index in [0.29, 0.717) is 11.8 Å². The van der Waals surface area contributed by atoms with Crippen LogP contribution in [0.25, 0.3) is 11.0 Å². The van der Waals surface area contributed by atoms with Gasteiger partial charge in [0.1, 0.15) is 5.82 Å².